The van der Waals surface area contributed by atoms with Crippen molar-refractivity contribution in [2.45, 2.75) is 12.8 Å². The van der Waals surface area contributed by atoms with Crippen LogP contribution in [-0.2, 0) is 4.74 Å². The minimum absolute atomic E-state index is 0.395. The largest absolute Gasteiger partial charge is 0.491 e. The van der Waals surface area contributed by atoms with E-state index in [0.29, 0.717) is 52.9 Å². The molecule has 2 aromatic heterocycles. The van der Waals surface area contributed by atoms with Crippen molar-refractivity contribution in [3.63, 3.8) is 0 Å². The van der Waals surface area contributed by atoms with Crippen molar-refractivity contribution in [2.24, 2.45) is 5.73 Å². The SMILES string of the molecule is NC(=O)c1cc(-c2ccc(OCCN3CCCC3)c(Cl)c2)nc2c1[nH]c1cc(N3CCOCC3)ccc12. The number of anilines is 1. The molecule has 0 radical (unpaired) electrons. The molecule has 6 rings (SSSR count). The highest BCUT2D eigenvalue weighted by Crippen LogP contribution is 2.34. The molecule has 3 N–H and O–H groups in total. The first-order chi connectivity index (χ1) is 18.1. The number of aromatic nitrogens is 2. The van der Waals surface area contributed by atoms with E-state index in [1.54, 1.807) is 6.07 Å². The maximum atomic E-state index is 12.4. The lowest BCUT2D eigenvalue weighted by Crippen LogP contribution is -2.36. The van der Waals surface area contributed by atoms with Gasteiger partial charge in [0.15, 0.2) is 0 Å². The molecule has 2 aliphatic rings. The van der Waals surface area contributed by atoms with Crippen molar-refractivity contribution >= 4 is 45.1 Å². The third kappa shape index (κ3) is 4.84. The first-order valence-electron chi connectivity index (χ1n) is 12.8. The van der Waals surface area contributed by atoms with Gasteiger partial charge in [0, 0.05) is 36.3 Å². The minimum atomic E-state index is -0.512. The number of nitrogens with two attached hydrogens (primary N) is 1. The van der Waals surface area contributed by atoms with Crippen LogP contribution in [0.3, 0.4) is 0 Å². The summed E-state index contributed by atoms with van der Waals surface area (Å²) in [6.07, 6.45) is 2.51. The zero-order valence-electron chi connectivity index (χ0n) is 20.6. The number of primary amides is 1. The van der Waals surface area contributed by atoms with E-state index in [0.717, 1.165) is 54.9 Å². The van der Waals surface area contributed by atoms with Crippen LogP contribution in [0.2, 0.25) is 5.02 Å². The molecule has 0 atom stereocenters. The number of ether oxygens (including phenoxy) is 2. The zero-order valence-corrected chi connectivity index (χ0v) is 21.4. The first-order valence-corrected chi connectivity index (χ1v) is 13.2. The van der Waals surface area contributed by atoms with Gasteiger partial charge >= 0.3 is 0 Å². The number of carbonyl (C=O) groups excluding carboxylic acids is 1. The summed E-state index contributed by atoms with van der Waals surface area (Å²) in [7, 11) is 0. The third-order valence-corrected chi connectivity index (χ3v) is 7.57. The number of carbonyl (C=O) groups is 1. The highest BCUT2D eigenvalue weighted by Gasteiger charge is 2.19. The number of H-pyrrole nitrogens is 1. The summed E-state index contributed by atoms with van der Waals surface area (Å²) in [4.78, 5) is 25.4. The van der Waals surface area contributed by atoms with Crippen LogP contribution in [-0.4, -0.2) is 73.3 Å². The molecule has 0 saturated carbocycles. The van der Waals surface area contributed by atoms with Gasteiger partial charge < -0.3 is 25.1 Å². The number of fused-ring (bicyclic) bond motifs is 3. The number of likely N-dealkylation sites (tertiary alicyclic amines) is 1. The normalized spacial score (nSPS) is 16.6. The molecular weight excluding hydrogens is 490 g/mol. The van der Waals surface area contributed by atoms with Crippen molar-refractivity contribution in [2.75, 3.05) is 57.4 Å². The van der Waals surface area contributed by atoms with E-state index in [-0.39, 0.29) is 0 Å². The molecule has 0 aliphatic carbocycles. The van der Waals surface area contributed by atoms with Crippen LogP contribution in [0.5, 0.6) is 5.75 Å². The van der Waals surface area contributed by atoms with E-state index in [1.165, 1.54) is 12.8 Å². The molecule has 1 amide bonds. The molecule has 0 unspecified atom stereocenters. The van der Waals surface area contributed by atoms with Gasteiger partial charge in [-0.15, -0.1) is 0 Å². The Bertz CT molecular complexity index is 1460. The summed E-state index contributed by atoms with van der Waals surface area (Å²) < 4.78 is 11.4. The Balaban J connectivity index is 1.32. The summed E-state index contributed by atoms with van der Waals surface area (Å²) in [6, 6.07) is 13.6. The molecular formula is C28H30ClN5O3. The Kier molecular flexibility index (Phi) is 6.63. The monoisotopic (exact) mass is 519 g/mol. The number of rotatable bonds is 7. The number of nitrogens with one attached hydrogen (secondary N) is 1. The summed E-state index contributed by atoms with van der Waals surface area (Å²) >= 11 is 6.58. The van der Waals surface area contributed by atoms with Crippen LogP contribution in [0.4, 0.5) is 5.69 Å². The highest BCUT2D eigenvalue weighted by atomic mass is 35.5. The number of hydrogen-bond acceptors (Lipinski definition) is 6. The van der Waals surface area contributed by atoms with Crippen LogP contribution in [0.15, 0.2) is 42.5 Å². The van der Waals surface area contributed by atoms with Gasteiger partial charge in [0.1, 0.15) is 12.4 Å². The number of hydrogen-bond donors (Lipinski definition) is 2. The molecule has 2 fully saturated rings. The number of benzene rings is 2. The van der Waals surface area contributed by atoms with Crippen LogP contribution >= 0.6 is 11.6 Å². The Labute approximate surface area is 220 Å². The number of aromatic amines is 1. The van der Waals surface area contributed by atoms with Crippen LogP contribution in [0, 0.1) is 0 Å². The number of morpholine rings is 1. The standard InChI is InChI=1S/C28H30ClN5O3/c29-22-15-18(3-6-25(22)37-14-9-33-7-1-2-8-33)23-17-21(28(30)35)27-26(31-23)20-5-4-19(16-24(20)32-27)34-10-12-36-13-11-34/h3-6,15-17,32H,1-2,7-14H2,(H2,30,35). The second-order valence-corrected chi connectivity index (χ2v) is 10.0. The van der Waals surface area contributed by atoms with Gasteiger partial charge in [0.25, 0.3) is 5.91 Å². The average molecular weight is 520 g/mol. The third-order valence-electron chi connectivity index (χ3n) is 7.27. The molecule has 4 heterocycles. The maximum Gasteiger partial charge on any atom is 0.250 e. The van der Waals surface area contributed by atoms with Crippen molar-refractivity contribution in [3.05, 3.63) is 53.1 Å². The van der Waals surface area contributed by atoms with Gasteiger partial charge in [-0.05, 0) is 68.4 Å². The van der Waals surface area contributed by atoms with E-state index in [1.807, 2.05) is 24.3 Å². The highest BCUT2D eigenvalue weighted by molar-refractivity contribution is 6.32. The Morgan fingerprint density at radius 2 is 1.89 bits per heavy atom. The van der Waals surface area contributed by atoms with Gasteiger partial charge in [-0.2, -0.15) is 0 Å². The molecule has 192 valence electrons. The minimum Gasteiger partial charge on any atom is -0.491 e. The number of amides is 1. The van der Waals surface area contributed by atoms with E-state index in [2.05, 4.69) is 26.9 Å². The summed E-state index contributed by atoms with van der Waals surface area (Å²) in [6.45, 7) is 6.88. The van der Waals surface area contributed by atoms with E-state index in [9.17, 15) is 4.79 Å². The number of pyridine rings is 1. The van der Waals surface area contributed by atoms with Crippen molar-refractivity contribution in [1.82, 2.24) is 14.9 Å². The Hall–Kier alpha value is -3.33. The van der Waals surface area contributed by atoms with Gasteiger partial charge in [0.05, 0.1) is 46.0 Å². The molecule has 2 saturated heterocycles. The lowest BCUT2D eigenvalue weighted by atomic mass is 10.1. The van der Waals surface area contributed by atoms with Gasteiger partial charge in [0.2, 0.25) is 0 Å². The molecule has 0 bridgehead atoms. The van der Waals surface area contributed by atoms with Crippen molar-refractivity contribution in [1.29, 1.82) is 0 Å². The summed E-state index contributed by atoms with van der Waals surface area (Å²) in [5, 5.41) is 1.44. The lowest BCUT2D eigenvalue weighted by molar-refractivity contribution is 0.100. The second kappa shape index (κ2) is 10.2. The average Bonchev–Trinajstić information content (AvgIpc) is 3.57. The molecule has 37 heavy (non-hydrogen) atoms. The quantitative estimate of drug-likeness (QED) is 0.374. The summed E-state index contributed by atoms with van der Waals surface area (Å²) in [5.74, 6) is 0.130. The molecule has 9 heteroatoms. The van der Waals surface area contributed by atoms with Gasteiger partial charge in [-0.25, -0.2) is 4.98 Å². The smallest absolute Gasteiger partial charge is 0.250 e. The van der Waals surface area contributed by atoms with E-state index in [4.69, 9.17) is 31.8 Å². The zero-order chi connectivity index (χ0) is 25.4. The number of nitrogens with zero attached hydrogens (tertiary/aromatic N) is 3. The molecule has 2 aromatic carbocycles. The van der Waals surface area contributed by atoms with Crippen LogP contribution < -0.4 is 15.4 Å². The van der Waals surface area contributed by atoms with Crippen molar-refractivity contribution < 1.29 is 14.3 Å². The second-order valence-electron chi connectivity index (χ2n) is 9.64. The molecule has 0 spiro atoms. The van der Waals surface area contributed by atoms with Crippen LogP contribution in [0.1, 0.15) is 23.2 Å². The van der Waals surface area contributed by atoms with Gasteiger partial charge in [-0.3, -0.25) is 9.69 Å². The Morgan fingerprint density at radius 1 is 1.08 bits per heavy atom. The fraction of sp³-hybridized carbons (Fsp3) is 0.357. The molecule has 4 aromatic rings. The topological polar surface area (TPSA) is 96.7 Å². The molecule has 8 nitrogen and oxygen atoms in total. The molecule has 2 aliphatic heterocycles. The van der Waals surface area contributed by atoms with E-state index < -0.39 is 5.91 Å². The Morgan fingerprint density at radius 3 is 2.65 bits per heavy atom. The fourth-order valence-electron chi connectivity index (χ4n) is 5.27. The predicted molar refractivity (Wildman–Crippen MR) is 147 cm³/mol. The maximum absolute atomic E-state index is 12.4. The van der Waals surface area contributed by atoms with E-state index >= 15 is 0 Å². The fourth-order valence-corrected chi connectivity index (χ4v) is 5.51. The summed E-state index contributed by atoms with van der Waals surface area (Å²) in [5.41, 5.74) is 11.0. The lowest BCUT2D eigenvalue weighted by Gasteiger charge is -2.28. The van der Waals surface area contributed by atoms with Gasteiger partial charge in [-0.1, -0.05) is 11.6 Å². The first kappa shape index (κ1) is 24.0. The predicted octanol–water partition coefficient (Wildman–Crippen LogP) is 4.45. The van der Waals surface area contributed by atoms with Crippen LogP contribution in [0.25, 0.3) is 33.2 Å². The van der Waals surface area contributed by atoms with Crippen molar-refractivity contribution in [3.8, 4) is 17.0 Å². The number of halogens is 1.